The second kappa shape index (κ2) is 3.42. The van der Waals surface area contributed by atoms with Gasteiger partial charge < -0.3 is 0 Å². The quantitative estimate of drug-likeness (QED) is 0.695. The lowest BCUT2D eigenvalue weighted by Crippen LogP contribution is -2.33. The van der Waals surface area contributed by atoms with E-state index in [0.29, 0.717) is 0 Å². The van der Waals surface area contributed by atoms with Gasteiger partial charge in [-0.25, -0.2) is 8.78 Å². The van der Waals surface area contributed by atoms with Crippen LogP contribution in [0, 0.1) is 0 Å². The summed E-state index contributed by atoms with van der Waals surface area (Å²) >= 11 is 0. The van der Waals surface area contributed by atoms with Crippen molar-refractivity contribution in [3.63, 3.8) is 0 Å². The molecule has 78 valence electrons. The van der Waals surface area contributed by atoms with Gasteiger partial charge in [-0.1, -0.05) is 12.1 Å². The fourth-order valence-electron chi connectivity index (χ4n) is 1.57. The Morgan fingerprint density at radius 1 is 1.20 bits per heavy atom. The number of hydrogen-bond acceptors (Lipinski definition) is 2. The molecule has 0 atom stereocenters. The van der Waals surface area contributed by atoms with E-state index in [-0.39, 0.29) is 11.3 Å². The maximum Gasteiger partial charge on any atom is 0.299 e. The highest BCUT2D eigenvalue weighted by molar-refractivity contribution is 6.52. The van der Waals surface area contributed by atoms with E-state index in [1.165, 1.54) is 12.1 Å². The monoisotopic (exact) mass is 211 g/mol. The van der Waals surface area contributed by atoms with Crippen LogP contribution in [0.5, 0.6) is 0 Å². The molecule has 2 rings (SSSR count). The predicted octanol–water partition coefficient (Wildman–Crippen LogP) is 1.48. The molecular formula is C10H7F2NO2. The van der Waals surface area contributed by atoms with Crippen molar-refractivity contribution in [2.24, 2.45) is 0 Å². The molecule has 0 radical (unpaired) electrons. The van der Waals surface area contributed by atoms with Crippen LogP contribution in [0.3, 0.4) is 0 Å². The van der Waals surface area contributed by atoms with Crippen LogP contribution in [0.15, 0.2) is 24.3 Å². The lowest BCUT2D eigenvalue weighted by molar-refractivity contribution is -0.114. The van der Waals surface area contributed by atoms with Crippen LogP contribution in [0.4, 0.5) is 14.5 Å². The number of fused-ring (bicyclic) bond motifs is 1. The number of alkyl halides is 2. The number of halogens is 2. The molecule has 1 aliphatic rings. The highest BCUT2D eigenvalue weighted by atomic mass is 19.3. The van der Waals surface area contributed by atoms with Crippen molar-refractivity contribution in [3.8, 4) is 0 Å². The van der Waals surface area contributed by atoms with Crippen LogP contribution in [-0.2, 0) is 4.79 Å². The highest BCUT2D eigenvalue weighted by Crippen LogP contribution is 2.28. The first-order chi connectivity index (χ1) is 7.11. The summed E-state index contributed by atoms with van der Waals surface area (Å²) in [6, 6.07) is 6.14. The van der Waals surface area contributed by atoms with Gasteiger partial charge >= 0.3 is 0 Å². The average Bonchev–Trinajstić information content (AvgIpc) is 2.44. The second-order valence-electron chi connectivity index (χ2n) is 3.15. The van der Waals surface area contributed by atoms with Gasteiger partial charge in [0.25, 0.3) is 18.1 Å². The van der Waals surface area contributed by atoms with Crippen LogP contribution in [0.1, 0.15) is 10.4 Å². The Bertz CT molecular complexity index is 431. The number of ketones is 1. The van der Waals surface area contributed by atoms with Gasteiger partial charge in [0.05, 0.1) is 17.8 Å². The molecule has 0 unspecified atom stereocenters. The normalized spacial score (nSPS) is 15.0. The minimum Gasteiger partial charge on any atom is -0.299 e. The van der Waals surface area contributed by atoms with E-state index in [2.05, 4.69) is 0 Å². The molecule has 15 heavy (non-hydrogen) atoms. The Balaban J connectivity index is 2.42. The Morgan fingerprint density at radius 3 is 2.53 bits per heavy atom. The van der Waals surface area contributed by atoms with Crippen LogP contribution in [0.2, 0.25) is 0 Å². The van der Waals surface area contributed by atoms with E-state index in [1.54, 1.807) is 12.1 Å². The average molecular weight is 211 g/mol. The van der Waals surface area contributed by atoms with E-state index in [1.807, 2.05) is 0 Å². The van der Waals surface area contributed by atoms with Gasteiger partial charge in [0.2, 0.25) is 0 Å². The summed E-state index contributed by atoms with van der Waals surface area (Å²) in [6.45, 7) is -0.735. The Kier molecular flexibility index (Phi) is 2.22. The van der Waals surface area contributed by atoms with E-state index in [9.17, 15) is 18.4 Å². The Labute approximate surface area is 84.3 Å². The van der Waals surface area contributed by atoms with Crippen LogP contribution < -0.4 is 4.90 Å². The fourth-order valence-corrected chi connectivity index (χ4v) is 1.57. The smallest absolute Gasteiger partial charge is 0.299 e. The summed E-state index contributed by atoms with van der Waals surface area (Å²) in [5.41, 5.74) is 0.468. The first-order valence-electron chi connectivity index (χ1n) is 4.34. The number of amides is 1. The fraction of sp³-hybridized carbons (Fsp3) is 0.200. The number of carbonyl (C=O) groups excluding carboxylic acids is 2. The molecule has 0 bridgehead atoms. The van der Waals surface area contributed by atoms with Crippen molar-refractivity contribution in [1.29, 1.82) is 0 Å². The van der Waals surface area contributed by atoms with Crippen LogP contribution in [-0.4, -0.2) is 24.7 Å². The van der Waals surface area contributed by atoms with Crippen LogP contribution >= 0.6 is 0 Å². The van der Waals surface area contributed by atoms with E-state index < -0.39 is 24.7 Å². The van der Waals surface area contributed by atoms with Gasteiger partial charge in [0, 0.05) is 0 Å². The topological polar surface area (TPSA) is 37.4 Å². The molecule has 1 heterocycles. The number of para-hydroxylation sites is 1. The summed E-state index contributed by atoms with van der Waals surface area (Å²) in [6.07, 6.45) is -2.65. The third-order valence-corrected chi connectivity index (χ3v) is 2.20. The molecule has 1 aliphatic heterocycles. The van der Waals surface area contributed by atoms with Crippen molar-refractivity contribution in [3.05, 3.63) is 29.8 Å². The maximum atomic E-state index is 12.2. The van der Waals surface area contributed by atoms with Crippen molar-refractivity contribution in [2.45, 2.75) is 6.43 Å². The number of rotatable bonds is 2. The molecule has 0 aliphatic carbocycles. The number of Topliss-reactive ketones (excluding diaryl/α,β-unsaturated/α-hetero) is 1. The number of anilines is 1. The van der Waals surface area contributed by atoms with Crippen molar-refractivity contribution >= 4 is 17.4 Å². The maximum absolute atomic E-state index is 12.2. The van der Waals surface area contributed by atoms with E-state index in [4.69, 9.17) is 0 Å². The standard InChI is InChI=1S/C10H7F2NO2/c11-8(12)5-13-7-4-2-1-3-6(7)9(14)10(13)15/h1-4,8H,5H2. The number of nitrogens with zero attached hydrogens (tertiary/aromatic N) is 1. The number of carbonyl (C=O) groups is 2. The minimum absolute atomic E-state index is 0.197. The first-order valence-corrected chi connectivity index (χ1v) is 4.34. The van der Waals surface area contributed by atoms with Gasteiger partial charge in [-0.15, -0.1) is 0 Å². The third kappa shape index (κ3) is 1.49. The molecule has 0 N–H and O–H groups in total. The molecule has 0 saturated carbocycles. The lowest BCUT2D eigenvalue weighted by atomic mass is 10.1. The largest absolute Gasteiger partial charge is 0.299 e. The number of benzene rings is 1. The summed E-state index contributed by atoms with van der Waals surface area (Å²) in [7, 11) is 0. The van der Waals surface area contributed by atoms with Crippen molar-refractivity contribution in [2.75, 3.05) is 11.4 Å². The predicted molar refractivity (Wildman–Crippen MR) is 49.1 cm³/mol. The lowest BCUT2D eigenvalue weighted by Gasteiger charge is -2.15. The van der Waals surface area contributed by atoms with Gasteiger partial charge in [-0.2, -0.15) is 0 Å². The molecule has 0 fully saturated rings. The Hall–Kier alpha value is -1.78. The Morgan fingerprint density at radius 2 is 1.87 bits per heavy atom. The zero-order valence-electron chi connectivity index (χ0n) is 7.61. The molecule has 1 aromatic rings. The SMILES string of the molecule is O=C1C(=O)N(CC(F)F)c2ccccc21. The van der Waals surface area contributed by atoms with E-state index in [0.717, 1.165) is 4.90 Å². The minimum atomic E-state index is -2.65. The summed E-state index contributed by atoms with van der Waals surface area (Å²) in [4.78, 5) is 23.5. The van der Waals surface area contributed by atoms with E-state index >= 15 is 0 Å². The van der Waals surface area contributed by atoms with Gasteiger partial charge in [-0.3, -0.25) is 14.5 Å². The summed E-state index contributed by atoms with van der Waals surface area (Å²) in [5, 5.41) is 0. The zero-order chi connectivity index (χ0) is 11.0. The summed E-state index contributed by atoms with van der Waals surface area (Å²) < 4.78 is 24.4. The highest BCUT2D eigenvalue weighted by Gasteiger charge is 2.36. The molecule has 5 heteroatoms. The van der Waals surface area contributed by atoms with Gasteiger partial charge in [-0.05, 0) is 12.1 Å². The molecule has 3 nitrogen and oxygen atoms in total. The molecular weight excluding hydrogens is 204 g/mol. The number of hydrogen-bond donors (Lipinski definition) is 0. The zero-order valence-corrected chi connectivity index (χ0v) is 7.61. The van der Waals surface area contributed by atoms with Crippen molar-refractivity contribution in [1.82, 2.24) is 0 Å². The van der Waals surface area contributed by atoms with Gasteiger partial charge in [0.15, 0.2) is 0 Å². The second-order valence-corrected chi connectivity index (χ2v) is 3.15. The first kappa shape index (κ1) is 9.76. The third-order valence-electron chi connectivity index (χ3n) is 2.20. The summed E-state index contributed by atoms with van der Waals surface area (Å²) in [5.74, 6) is -1.59. The molecule has 0 spiro atoms. The molecule has 1 aromatic carbocycles. The molecule has 1 amide bonds. The van der Waals surface area contributed by atoms with Crippen LogP contribution in [0.25, 0.3) is 0 Å². The molecule has 0 aromatic heterocycles. The van der Waals surface area contributed by atoms with Crippen molar-refractivity contribution < 1.29 is 18.4 Å². The molecule has 0 saturated heterocycles. The van der Waals surface area contributed by atoms with Gasteiger partial charge in [0.1, 0.15) is 0 Å².